The maximum absolute atomic E-state index is 13.9. The lowest BCUT2D eigenvalue weighted by molar-refractivity contribution is 0.115. The topological polar surface area (TPSA) is 21.3 Å². The summed E-state index contributed by atoms with van der Waals surface area (Å²) in [6.07, 6.45) is 3.64. The fraction of sp³-hybridized carbons (Fsp3) is 0.571. The minimum Gasteiger partial charge on any atom is -0.487 e. The molecule has 2 fully saturated rings. The summed E-state index contributed by atoms with van der Waals surface area (Å²) in [6, 6.07) is 4.95. The Morgan fingerprint density at radius 3 is 2.78 bits per heavy atom. The lowest BCUT2D eigenvalue weighted by atomic mass is 9.97. The van der Waals surface area contributed by atoms with Crippen LogP contribution in [0.3, 0.4) is 0 Å². The molecule has 0 bridgehead atoms. The van der Waals surface area contributed by atoms with Crippen LogP contribution in [0.15, 0.2) is 18.2 Å². The summed E-state index contributed by atoms with van der Waals surface area (Å²) >= 11 is 5.78. The summed E-state index contributed by atoms with van der Waals surface area (Å²) in [5.74, 6) is 0.950. The van der Waals surface area contributed by atoms with Gasteiger partial charge in [0.1, 0.15) is 6.10 Å². The van der Waals surface area contributed by atoms with Crippen LogP contribution < -0.4 is 10.1 Å². The molecular weight excluding hydrogens is 253 g/mol. The predicted molar refractivity (Wildman–Crippen MR) is 69.5 cm³/mol. The smallest absolute Gasteiger partial charge is 0.183 e. The van der Waals surface area contributed by atoms with E-state index in [9.17, 15) is 4.39 Å². The van der Waals surface area contributed by atoms with Crippen molar-refractivity contribution in [2.75, 3.05) is 13.1 Å². The van der Waals surface area contributed by atoms with Gasteiger partial charge < -0.3 is 10.1 Å². The van der Waals surface area contributed by atoms with Crippen molar-refractivity contribution in [1.29, 1.82) is 0 Å². The molecule has 18 heavy (non-hydrogen) atoms. The molecule has 2 nitrogen and oxygen atoms in total. The van der Waals surface area contributed by atoms with Crippen molar-refractivity contribution in [3.63, 3.8) is 0 Å². The maximum Gasteiger partial charge on any atom is 0.183 e. The minimum absolute atomic E-state index is 0.131. The zero-order valence-corrected chi connectivity index (χ0v) is 10.9. The number of hydrogen-bond acceptors (Lipinski definition) is 2. The largest absolute Gasteiger partial charge is 0.487 e. The van der Waals surface area contributed by atoms with Gasteiger partial charge in [0.15, 0.2) is 11.6 Å². The second-order valence-electron chi connectivity index (χ2n) is 5.22. The summed E-state index contributed by atoms with van der Waals surface area (Å²) in [4.78, 5) is 0. The first kappa shape index (κ1) is 12.2. The number of hydrogen-bond donors (Lipinski definition) is 1. The van der Waals surface area contributed by atoms with Crippen LogP contribution in [0.2, 0.25) is 5.02 Å². The molecule has 1 aliphatic heterocycles. The average Bonchev–Trinajstić information content (AvgIpc) is 3.06. The van der Waals surface area contributed by atoms with Gasteiger partial charge in [-0.2, -0.15) is 0 Å². The normalized spacial score (nSPS) is 25.1. The molecule has 1 heterocycles. The third-order valence-corrected chi connectivity index (χ3v) is 4.12. The first-order valence-corrected chi connectivity index (χ1v) is 6.95. The second kappa shape index (κ2) is 5.06. The highest BCUT2D eigenvalue weighted by Gasteiger charge is 2.39. The summed E-state index contributed by atoms with van der Waals surface area (Å²) in [5, 5.41) is 3.48. The third-order valence-electron chi connectivity index (χ3n) is 3.83. The van der Waals surface area contributed by atoms with Gasteiger partial charge in [0.05, 0.1) is 5.02 Å². The Morgan fingerprint density at radius 1 is 1.28 bits per heavy atom. The molecule has 0 aromatic heterocycles. The first-order chi connectivity index (χ1) is 8.75. The van der Waals surface area contributed by atoms with Gasteiger partial charge in [0.25, 0.3) is 0 Å². The van der Waals surface area contributed by atoms with E-state index in [1.807, 2.05) is 0 Å². The highest BCUT2D eigenvalue weighted by Crippen LogP contribution is 2.40. The Kier molecular flexibility index (Phi) is 3.44. The van der Waals surface area contributed by atoms with Gasteiger partial charge in [-0.1, -0.05) is 17.7 Å². The summed E-state index contributed by atoms with van der Waals surface area (Å²) in [5.41, 5.74) is 0. The lowest BCUT2D eigenvalue weighted by Gasteiger charge is -2.24. The van der Waals surface area contributed by atoms with E-state index in [-0.39, 0.29) is 11.1 Å². The van der Waals surface area contributed by atoms with Gasteiger partial charge in [-0.15, -0.1) is 0 Å². The van der Waals surface area contributed by atoms with Crippen molar-refractivity contribution in [3.05, 3.63) is 29.0 Å². The molecule has 1 saturated carbocycles. The zero-order valence-electron chi connectivity index (χ0n) is 10.2. The minimum atomic E-state index is -0.434. The van der Waals surface area contributed by atoms with E-state index in [1.165, 1.54) is 12.8 Å². The van der Waals surface area contributed by atoms with Crippen LogP contribution in [0.4, 0.5) is 4.39 Å². The first-order valence-electron chi connectivity index (χ1n) is 6.57. The van der Waals surface area contributed by atoms with E-state index < -0.39 is 5.82 Å². The Balaban J connectivity index is 1.77. The fourth-order valence-corrected chi connectivity index (χ4v) is 2.85. The van der Waals surface area contributed by atoms with Gasteiger partial charge in [-0.25, -0.2) is 4.39 Å². The molecule has 1 aromatic carbocycles. The maximum atomic E-state index is 13.9. The van der Waals surface area contributed by atoms with Crippen LogP contribution >= 0.6 is 11.6 Å². The quantitative estimate of drug-likeness (QED) is 0.906. The van der Waals surface area contributed by atoms with Crippen molar-refractivity contribution < 1.29 is 9.13 Å². The fourth-order valence-electron chi connectivity index (χ4n) is 2.68. The summed E-state index contributed by atoms with van der Waals surface area (Å²) in [7, 11) is 0. The molecule has 1 unspecified atom stereocenters. The highest BCUT2D eigenvalue weighted by atomic mass is 35.5. The van der Waals surface area contributed by atoms with Crippen molar-refractivity contribution in [2.24, 2.45) is 11.8 Å². The monoisotopic (exact) mass is 269 g/mol. The molecule has 3 rings (SSSR count). The van der Waals surface area contributed by atoms with Crippen LogP contribution in [0.25, 0.3) is 0 Å². The van der Waals surface area contributed by atoms with E-state index in [1.54, 1.807) is 18.2 Å². The van der Waals surface area contributed by atoms with E-state index in [4.69, 9.17) is 16.3 Å². The van der Waals surface area contributed by atoms with Gasteiger partial charge >= 0.3 is 0 Å². The van der Waals surface area contributed by atoms with Crippen molar-refractivity contribution in [3.8, 4) is 5.75 Å². The van der Waals surface area contributed by atoms with Crippen molar-refractivity contribution in [1.82, 2.24) is 5.32 Å². The number of benzene rings is 1. The van der Waals surface area contributed by atoms with Crippen LogP contribution in [0, 0.1) is 17.7 Å². The Hall–Kier alpha value is -0.800. The molecule has 4 heteroatoms. The second-order valence-corrected chi connectivity index (χ2v) is 5.63. The third kappa shape index (κ3) is 2.47. The van der Waals surface area contributed by atoms with E-state index in [0.29, 0.717) is 17.6 Å². The Morgan fingerprint density at radius 2 is 2.11 bits per heavy atom. The molecule has 1 aliphatic carbocycles. The standard InChI is InChI=1S/C14H17ClFNO/c15-11-2-1-3-12(13(11)16)18-14(9-4-5-9)10-6-7-17-8-10/h1-3,9-10,14,17H,4-8H2/t10-,14?/m0/s1. The van der Waals surface area contributed by atoms with Gasteiger partial charge in [-0.05, 0) is 43.9 Å². The van der Waals surface area contributed by atoms with E-state index in [2.05, 4.69) is 5.32 Å². The Bertz CT molecular complexity index is 430. The molecule has 0 amide bonds. The van der Waals surface area contributed by atoms with Gasteiger partial charge in [-0.3, -0.25) is 0 Å². The SMILES string of the molecule is Fc1c(Cl)cccc1OC(C1CC1)[C@H]1CCNC1. The molecule has 1 saturated heterocycles. The molecule has 0 spiro atoms. The zero-order chi connectivity index (χ0) is 12.5. The molecule has 2 atom stereocenters. The Labute approximate surface area is 111 Å². The molecule has 98 valence electrons. The summed E-state index contributed by atoms with van der Waals surface area (Å²) in [6.45, 7) is 2.01. The molecule has 2 aliphatic rings. The lowest BCUT2D eigenvalue weighted by Crippen LogP contribution is -2.31. The highest BCUT2D eigenvalue weighted by molar-refractivity contribution is 6.30. The van der Waals surface area contributed by atoms with E-state index >= 15 is 0 Å². The van der Waals surface area contributed by atoms with Gasteiger partial charge in [0, 0.05) is 12.5 Å². The van der Waals surface area contributed by atoms with Crippen LogP contribution in [-0.2, 0) is 0 Å². The predicted octanol–water partition coefficient (Wildman–Crippen LogP) is 3.25. The molecule has 0 radical (unpaired) electrons. The molecule has 1 N–H and O–H groups in total. The summed E-state index contributed by atoms with van der Waals surface area (Å²) < 4.78 is 19.8. The van der Waals surface area contributed by atoms with Crippen LogP contribution in [0.1, 0.15) is 19.3 Å². The molecule has 1 aromatic rings. The van der Waals surface area contributed by atoms with Gasteiger partial charge in [0.2, 0.25) is 0 Å². The molecular formula is C14H17ClFNO. The van der Waals surface area contributed by atoms with Crippen molar-refractivity contribution in [2.45, 2.75) is 25.4 Å². The number of halogens is 2. The van der Waals surface area contributed by atoms with Crippen LogP contribution in [-0.4, -0.2) is 19.2 Å². The van der Waals surface area contributed by atoms with E-state index in [0.717, 1.165) is 19.5 Å². The van der Waals surface area contributed by atoms with Crippen LogP contribution in [0.5, 0.6) is 5.75 Å². The number of rotatable bonds is 4. The van der Waals surface area contributed by atoms with Crippen molar-refractivity contribution >= 4 is 11.6 Å². The average molecular weight is 270 g/mol. The number of nitrogens with one attached hydrogen (secondary N) is 1. The number of ether oxygens (including phenoxy) is 1.